The fraction of sp³-hybridized carbons (Fsp3) is 0.727. The Labute approximate surface area is 92.0 Å². The minimum atomic E-state index is 0.636. The van der Waals surface area contributed by atoms with Gasteiger partial charge < -0.3 is 15.0 Å². The van der Waals surface area contributed by atoms with Gasteiger partial charge in [-0.3, -0.25) is 4.99 Å². The van der Waals surface area contributed by atoms with Crippen molar-refractivity contribution >= 4 is 5.96 Å². The number of aliphatic imine (C=N–C) groups is 1. The molecule has 1 unspecified atom stereocenters. The smallest absolute Gasteiger partial charge is 0.193 e. The summed E-state index contributed by atoms with van der Waals surface area (Å²) in [5.41, 5.74) is 0. The third kappa shape index (κ3) is 3.55. The van der Waals surface area contributed by atoms with Crippen molar-refractivity contribution in [1.29, 1.82) is 0 Å². The molecular formula is C11H21N3O. The molecule has 1 N–H and O–H groups in total. The lowest BCUT2D eigenvalue weighted by Gasteiger charge is -2.20. The number of nitrogens with zero attached hydrogens (tertiary/aromatic N) is 2. The van der Waals surface area contributed by atoms with Crippen LogP contribution >= 0.6 is 0 Å². The maximum Gasteiger partial charge on any atom is 0.193 e. The summed E-state index contributed by atoms with van der Waals surface area (Å²) in [6.07, 6.45) is 3.02. The van der Waals surface area contributed by atoms with Crippen molar-refractivity contribution in [1.82, 2.24) is 10.2 Å². The molecule has 0 radical (unpaired) electrons. The van der Waals surface area contributed by atoms with Crippen LogP contribution in [-0.4, -0.2) is 51.3 Å². The van der Waals surface area contributed by atoms with Crippen LogP contribution in [0, 0.1) is 5.92 Å². The van der Waals surface area contributed by atoms with Crippen LogP contribution in [0.5, 0.6) is 0 Å². The molecule has 4 heteroatoms. The van der Waals surface area contributed by atoms with Gasteiger partial charge in [0, 0.05) is 39.7 Å². The normalized spacial score (nSPS) is 21.9. The van der Waals surface area contributed by atoms with Gasteiger partial charge in [-0.25, -0.2) is 0 Å². The van der Waals surface area contributed by atoms with Crippen molar-refractivity contribution in [3.05, 3.63) is 12.7 Å². The van der Waals surface area contributed by atoms with E-state index in [1.807, 2.05) is 13.1 Å². The van der Waals surface area contributed by atoms with Crippen LogP contribution in [0.3, 0.4) is 0 Å². The summed E-state index contributed by atoms with van der Waals surface area (Å²) < 4.78 is 5.17. The third-order valence-electron chi connectivity index (χ3n) is 2.60. The van der Waals surface area contributed by atoms with Crippen molar-refractivity contribution < 1.29 is 4.74 Å². The van der Waals surface area contributed by atoms with Gasteiger partial charge in [-0.2, -0.15) is 0 Å². The molecule has 4 nitrogen and oxygen atoms in total. The van der Waals surface area contributed by atoms with Gasteiger partial charge in [-0.15, -0.1) is 6.58 Å². The van der Waals surface area contributed by atoms with E-state index in [4.69, 9.17) is 4.74 Å². The Hall–Kier alpha value is -1.03. The van der Waals surface area contributed by atoms with Gasteiger partial charge in [-0.1, -0.05) is 6.08 Å². The first-order valence-electron chi connectivity index (χ1n) is 5.37. The van der Waals surface area contributed by atoms with E-state index >= 15 is 0 Å². The second kappa shape index (κ2) is 6.45. The lowest BCUT2D eigenvalue weighted by atomic mass is 10.1. The van der Waals surface area contributed by atoms with Crippen LogP contribution in [0.15, 0.2) is 17.6 Å². The first-order valence-corrected chi connectivity index (χ1v) is 5.37. The summed E-state index contributed by atoms with van der Waals surface area (Å²) >= 11 is 0. The molecule has 1 heterocycles. The standard InChI is InChI=1S/C11H21N3O/c1-4-6-13-11(12-2)14-7-5-10(8-14)9-15-3/h4,10H,1,5-9H2,2-3H3,(H,12,13). The van der Waals surface area contributed by atoms with Gasteiger partial charge in [0.25, 0.3) is 0 Å². The Morgan fingerprint density at radius 3 is 3.13 bits per heavy atom. The van der Waals surface area contributed by atoms with Crippen LogP contribution in [-0.2, 0) is 4.74 Å². The molecular weight excluding hydrogens is 190 g/mol. The molecule has 0 aromatic carbocycles. The minimum Gasteiger partial charge on any atom is -0.384 e. The molecule has 0 aromatic heterocycles. The molecule has 1 aliphatic heterocycles. The summed E-state index contributed by atoms with van der Waals surface area (Å²) in [4.78, 5) is 6.52. The minimum absolute atomic E-state index is 0.636. The van der Waals surface area contributed by atoms with Crippen molar-refractivity contribution in [3.8, 4) is 0 Å². The highest BCUT2D eigenvalue weighted by molar-refractivity contribution is 5.80. The van der Waals surface area contributed by atoms with Gasteiger partial charge in [0.15, 0.2) is 5.96 Å². The fourth-order valence-electron chi connectivity index (χ4n) is 1.89. The van der Waals surface area contributed by atoms with E-state index in [9.17, 15) is 0 Å². The molecule has 1 atom stereocenters. The van der Waals surface area contributed by atoms with E-state index in [2.05, 4.69) is 21.8 Å². The second-order valence-electron chi connectivity index (χ2n) is 3.77. The average Bonchev–Trinajstić information content (AvgIpc) is 2.68. The van der Waals surface area contributed by atoms with Crippen LogP contribution < -0.4 is 5.32 Å². The van der Waals surface area contributed by atoms with E-state index in [1.54, 1.807) is 7.11 Å². The molecule has 0 saturated carbocycles. The lowest BCUT2D eigenvalue weighted by Crippen LogP contribution is -2.40. The Kier molecular flexibility index (Phi) is 5.18. The van der Waals surface area contributed by atoms with Crippen molar-refractivity contribution in [2.75, 3.05) is 40.4 Å². The summed E-state index contributed by atoms with van der Waals surface area (Å²) in [7, 11) is 3.57. The van der Waals surface area contributed by atoms with Gasteiger partial charge in [0.2, 0.25) is 0 Å². The number of ether oxygens (including phenoxy) is 1. The molecule has 0 bridgehead atoms. The molecule has 0 aromatic rings. The maximum absolute atomic E-state index is 5.17. The van der Waals surface area contributed by atoms with Crippen molar-refractivity contribution in [3.63, 3.8) is 0 Å². The zero-order chi connectivity index (χ0) is 11.1. The number of rotatable bonds is 4. The van der Waals surface area contributed by atoms with Crippen molar-refractivity contribution in [2.24, 2.45) is 10.9 Å². The van der Waals surface area contributed by atoms with Gasteiger partial charge in [0.05, 0.1) is 6.61 Å². The molecule has 1 fully saturated rings. The molecule has 1 aliphatic rings. The summed E-state index contributed by atoms with van der Waals surface area (Å²) in [6.45, 7) is 7.38. The van der Waals surface area contributed by atoms with E-state index in [-0.39, 0.29) is 0 Å². The number of guanidine groups is 1. The molecule has 1 saturated heterocycles. The van der Waals surface area contributed by atoms with Crippen LogP contribution in [0.1, 0.15) is 6.42 Å². The highest BCUT2D eigenvalue weighted by Gasteiger charge is 2.24. The molecule has 15 heavy (non-hydrogen) atoms. The van der Waals surface area contributed by atoms with Crippen molar-refractivity contribution in [2.45, 2.75) is 6.42 Å². The lowest BCUT2D eigenvalue weighted by molar-refractivity contribution is 0.157. The number of likely N-dealkylation sites (tertiary alicyclic amines) is 1. The second-order valence-corrected chi connectivity index (χ2v) is 3.77. The van der Waals surface area contributed by atoms with Crippen LogP contribution in [0.4, 0.5) is 0 Å². The fourth-order valence-corrected chi connectivity index (χ4v) is 1.89. The Morgan fingerprint density at radius 1 is 1.73 bits per heavy atom. The van der Waals surface area contributed by atoms with E-state index in [0.29, 0.717) is 5.92 Å². The SMILES string of the molecule is C=CCNC(=NC)N1CCC(COC)C1. The zero-order valence-corrected chi connectivity index (χ0v) is 9.70. The molecule has 86 valence electrons. The zero-order valence-electron chi connectivity index (χ0n) is 9.70. The number of methoxy groups -OCH3 is 1. The Morgan fingerprint density at radius 2 is 2.53 bits per heavy atom. The monoisotopic (exact) mass is 211 g/mol. The molecule has 1 rings (SSSR count). The van der Waals surface area contributed by atoms with Gasteiger partial charge >= 0.3 is 0 Å². The maximum atomic E-state index is 5.17. The predicted octanol–water partition coefficient (Wildman–Crippen LogP) is 0.716. The van der Waals surface area contributed by atoms with Crippen LogP contribution in [0.25, 0.3) is 0 Å². The Bertz CT molecular complexity index is 228. The summed E-state index contributed by atoms with van der Waals surface area (Å²) in [5.74, 6) is 1.60. The molecule has 0 amide bonds. The third-order valence-corrected chi connectivity index (χ3v) is 2.60. The average molecular weight is 211 g/mol. The number of nitrogens with one attached hydrogen (secondary N) is 1. The number of hydrogen-bond acceptors (Lipinski definition) is 2. The predicted molar refractivity (Wildman–Crippen MR) is 63.1 cm³/mol. The summed E-state index contributed by atoms with van der Waals surface area (Å²) in [5, 5.41) is 3.24. The highest BCUT2D eigenvalue weighted by Crippen LogP contribution is 2.16. The van der Waals surface area contributed by atoms with Gasteiger partial charge in [-0.05, 0) is 6.42 Å². The highest BCUT2D eigenvalue weighted by atomic mass is 16.5. The molecule has 0 aliphatic carbocycles. The molecule has 0 spiro atoms. The first-order chi connectivity index (χ1) is 7.31. The summed E-state index contributed by atoms with van der Waals surface area (Å²) in [6, 6.07) is 0. The van der Waals surface area contributed by atoms with Crippen LogP contribution in [0.2, 0.25) is 0 Å². The number of hydrogen-bond donors (Lipinski definition) is 1. The van der Waals surface area contributed by atoms with E-state index in [0.717, 1.165) is 32.2 Å². The Balaban J connectivity index is 2.39. The largest absolute Gasteiger partial charge is 0.384 e. The first kappa shape index (κ1) is 12.0. The van der Waals surface area contributed by atoms with E-state index < -0.39 is 0 Å². The topological polar surface area (TPSA) is 36.9 Å². The van der Waals surface area contributed by atoms with Gasteiger partial charge in [0.1, 0.15) is 0 Å². The van der Waals surface area contributed by atoms with E-state index in [1.165, 1.54) is 6.42 Å². The quantitative estimate of drug-likeness (QED) is 0.423.